The average molecular weight is 230 g/mol. The summed E-state index contributed by atoms with van der Waals surface area (Å²) < 4.78 is 0. The lowest BCUT2D eigenvalue weighted by atomic mass is 10.1. The molecule has 0 aliphatic rings. The molecule has 0 bridgehead atoms. The molecule has 0 aliphatic carbocycles. The van der Waals surface area contributed by atoms with Crippen LogP contribution in [0.4, 0.5) is 0 Å². The molecule has 1 nitrogen and oxygen atoms in total. The number of rotatable bonds is 2. The van der Waals surface area contributed by atoms with Crippen LogP contribution in [0.2, 0.25) is 0 Å². The van der Waals surface area contributed by atoms with E-state index in [1.54, 1.807) is 6.20 Å². The maximum Gasteiger partial charge on any atom is 0.0818 e. The van der Waals surface area contributed by atoms with E-state index in [2.05, 4.69) is 4.98 Å². The van der Waals surface area contributed by atoms with Crippen molar-refractivity contribution in [2.75, 3.05) is 0 Å². The number of hydrogen-bond donors (Lipinski definition) is 0. The smallest absolute Gasteiger partial charge is 0.0818 e. The highest BCUT2D eigenvalue weighted by molar-refractivity contribution is 6.52. The Labute approximate surface area is 100 Å². The molecule has 80 valence electrons. The summed E-state index contributed by atoms with van der Waals surface area (Å²) in [5.41, 5.74) is 2.98. The first-order chi connectivity index (χ1) is 7.79. The number of pyridine rings is 1. The Balaban J connectivity index is 2.43. The topological polar surface area (TPSA) is 12.9 Å². The molecule has 0 aliphatic heterocycles. The summed E-state index contributed by atoms with van der Waals surface area (Å²) in [6, 6.07) is 15.8. The second-order valence-corrected chi connectivity index (χ2v) is 3.90. The minimum Gasteiger partial charge on any atom is -0.255 e. The molecule has 0 saturated heterocycles. The standard InChI is InChI=1S/C14H12ClN/c1-11(12-7-3-2-4-8-12)14(15)13-9-5-6-10-16-13/h2-10H,1H3/b14-11-. The Morgan fingerprint density at radius 2 is 1.69 bits per heavy atom. The Hall–Kier alpha value is -1.60. The van der Waals surface area contributed by atoms with E-state index in [-0.39, 0.29) is 0 Å². The third-order valence-corrected chi connectivity index (χ3v) is 2.90. The van der Waals surface area contributed by atoms with Crippen molar-refractivity contribution < 1.29 is 0 Å². The highest BCUT2D eigenvalue weighted by atomic mass is 35.5. The van der Waals surface area contributed by atoms with E-state index >= 15 is 0 Å². The number of nitrogens with zero attached hydrogens (tertiary/aromatic N) is 1. The van der Waals surface area contributed by atoms with Crippen LogP contribution >= 0.6 is 11.6 Å². The molecule has 2 heteroatoms. The summed E-state index contributed by atoms with van der Waals surface area (Å²) in [4.78, 5) is 4.24. The average Bonchev–Trinajstić information content (AvgIpc) is 2.39. The van der Waals surface area contributed by atoms with Crippen molar-refractivity contribution in [3.8, 4) is 0 Å². The van der Waals surface area contributed by atoms with Gasteiger partial charge < -0.3 is 0 Å². The van der Waals surface area contributed by atoms with Crippen molar-refractivity contribution in [3.05, 3.63) is 66.0 Å². The molecular formula is C14H12ClN. The van der Waals surface area contributed by atoms with Gasteiger partial charge in [-0.1, -0.05) is 48.0 Å². The van der Waals surface area contributed by atoms with Gasteiger partial charge in [0.05, 0.1) is 10.7 Å². The van der Waals surface area contributed by atoms with E-state index in [1.165, 1.54) is 0 Å². The molecule has 2 rings (SSSR count). The summed E-state index contributed by atoms with van der Waals surface area (Å²) in [6.45, 7) is 2.01. The van der Waals surface area contributed by atoms with Gasteiger partial charge in [-0.05, 0) is 30.2 Å². The molecule has 16 heavy (non-hydrogen) atoms. The third kappa shape index (κ3) is 2.31. The maximum atomic E-state index is 6.31. The van der Waals surface area contributed by atoms with Gasteiger partial charge in [-0.3, -0.25) is 4.98 Å². The van der Waals surface area contributed by atoms with Crippen LogP contribution in [0.1, 0.15) is 18.2 Å². The molecule has 1 aromatic carbocycles. The van der Waals surface area contributed by atoms with Crippen LogP contribution in [-0.2, 0) is 0 Å². The first-order valence-corrected chi connectivity index (χ1v) is 5.50. The largest absolute Gasteiger partial charge is 0.255 e. The third-order valence-electron chi connectivity index (χ3n) is 2.43. The number of aromatic nitrogens is 1. The molecule has 0 radical (unpaired) electrons. The zero-order valence-corrected chi connectivity index (χ0v) is 9.78. The highest BCUT2D eigenvalue weighted by Crippen LogP contribution is 2.27. The van der Waals surface area contributed by atoms with Crippen molar-refractivity contribution in [3.63, 3.8) is 0 Å². The lowest BCUT2D eigenvalue weighted by Crippen LogP contribution is -1.86. The quantitative estimate of drug-likeness (QED) is 0.752. The van der Waals surface area contributed by atoms with Crippen LogP contribution in [-0.4, -0.2) is 4.98 Å². The predicted molar refractivity (Wildman–Crippen MR) is 69.0 cm³/mol. The highest BCUT2D eigenvalue weighted by Gasteiger charge is 2.05. The number of allylic oxidation sites excluding steroid dienone is 1. The van der Waals surface area contributed by atoms with E-state index in [1.807, 2.05) is 55.5 Å². The molecule has 0 atom stereocenters. The molecule has 0 spiro atoms. The Bertz CT molecular complexity index is 441. The van der Waals surface area contributed by atoms with Crippen LogP contribution < -0.4 is 0 Å². The van der Waals surface area contributed by atoms with Crippen molar-refractivity contribution in [2.24, 2.45) is 0 Å². The minimum atomic E-state index is 0.701. The van der Waals surface area contributed by atoms with Crippen molar-refractivity contribution >= 4 is 22.2 Å². The van der Waals surface area contributed by atoms with Crippen molar-refractivity contribution in [1.82, 2.24) is 4.98 Å². The van der Waals surface area contributed by atoms with Gasteiger partial charge in [-0.2, -0.15) is 0 Å². The van der Waals surface area contributed by atoms with Crippen LogP contribution in [0, 0.1) is 0 Å². The first-order valence-electron chi connectivity index (χ1n) is 5.12. The fourth-order valence-electron chi connectivity index (χ4n) is 1.50. The first kappa shape index (κ1) is 10.9. The SMILES string of the molecule is C/C(=C(/Cl)c1ccccn1)c1ccccc1. The molecule has 0 amide bonds. The fraction of sp³-hybridized carbons (Fsp3) is 0.0714. The molecule has 1 aromatic heterocycles. The van der Waals surface area contributed by atoms with E-state index in [9.17, 15) is 0 Å². The van der Waals surface area contributed by atoms with Crippen LogP contribution in [0.25, 0.3) is 10.6 Å². The normalized spacial score (nSPS) is 12.1. The molecule has 0 unspecified atom stereocenters. The van der Waals surface area contributed by atoms with E-state index in [0.29, 0.717) is 5.03 Å². The summed E-state index contributed by atoms with van der Waals surface area (Å²) in [6.07, 6.45) is 1.75. The van der Waals surface area contributed by atoms with Gasteiger partial charge in [-0.25, -0.2) is 0 Å². The second kappa shape index (κ2) is 4.95. The Morgan fingerprint density at radius 3 is 2.31 bits per heavy atom. The van der Waals surface area contributed by atoms with Crippen LogP contribution in [0.5, 0.6) is 0 Å². The van der Waals surface area contributed by atoms with Gasteiger partial charge in [0.15, 0.2) is 0 Å². The molecule has 0 saturated carbocycles. The van der Waals surface area contributed by atoms with Gasteiger partial charge >= 0.3 is 0 Å². The van der Waals surface area contributed by atoms with Crippen LogP contribution in [0.3, 0.4) is 0 Å². The lowest BCUT2D eigenvalue weighted by molar-refractivity contribution is 1.29. The zero-order valence-electron chi connectivity index (χ0n) is 9.02. The molecular weight excluding hydrogens is 218 g/mol. The summed E-state index contributed by atoms with van der Waals surface area (Å²) in [5, 5.41) is 0.701. The van der Waals surface area contributed by atoms with E-state index in [0.717, 1.165) is 16.8 Å². The van der Waals surface area contributed by atoms with Crippen LogP contribution in [0.15, 0.2) is 54.7 Å². The van der Waals surface area contributed by atoms with Crippen molar-refractivity contribution in [1.29, 1.82) is 0 Å². The molecule has 2 aromatic rings. The molecule has 1 heterocycles. The number of benzene rings is 1. The number of hydrogen-bond acceptors (Lipinski definition) is 1. The van der Waals surface area contributed by atoms with Crippen molar-refractivity contribution in [2.45, 2.75) is 6.92 Å². The Morgan fingerprint density at radius 1 is 1.00 bits per heavy atom. The van der Waals surface area contributed by atoms with Gasteiger partial charge in [-0.15, -0.1) is 0 Å². The van der Waals surface area contributed by atoms with E-state index < -0.39 is 0 Å². The monoisotopic (exact) mass is 229 g/mol. The summed E-state index contributed by atoms with van der Waals surface area (Å²) >= 11 is 6.31. The fourth-order valence-corrected chi connectivity index (χ4v) is 1.72. The van der Waals surface area contributed by atoms with Gasteiger partial charge in [0.2, 0.25) is 0 Å². The molecule has 0 fully saturated rings. The van der Waals surface area contributed by atoms with Gasteiger partial charge in [0.25, 0.3) is 0 Å². The summed E-state index contributed by atoms with van der Waals surface area (Å²) in [7, 11) is 0. The predicted octanol–water partition coefficient (Wildman–Crippen LogP) is 4.21. The van der Waals surface area contributed by atoms with Gasteiger partial charge in [0, 0.05) is 6.20 Å². The summed E-state index contributed by atoms with van der Waals surface area (Å²) in [5.74, 6) is 0. The lowest BCUT2D eigenvalue weighted by Gasteiger charge is -2.05. The second-order valence-electron chi connectivity index (χ2n) is 3.52. The zero-order chi connectivity index (χ0) is 11.4. The Kier molecular flexibility index (Phi) is 3.37. The van der Waals surface area contributed by atoms with E-state index in [4.69, 9.17) is 11.6 Å². The molecule has 0 N–H and O–H groups in total. The minimum absolute atomic E-state index is 0.701. The van der Waals surface area contributed by atoms with Gasteiger partial charge in [0.1, 0.15) is 0 Å². The number of halogens is 1. The maximum absolute atomic E-state index is 6.31.